The van der Waals surface area contributed by atoms with Crippen LogP contribution in [0, 0.1) is 13.8 Å². The molecule has 0 unspecified atom stereocenters. The van der Waals surface area contributed by atoms with Crippen molar-refractivity contribution in [1.29, 1.82) is 0 Å². The molecule has 1 amide bonds. The molecule has 0 saturated heterocycles. The van der Waals surface area contributed by atoms with Gasteiger partial charge >= 0.3 is 0 Å². The molecule has 1 N–H and O–H groups in total. The van der Waals surface area contributed by atoms with E-state index in [0.29, 0.717) is 6.54 Å². The quantitative estimate of drug-likeness (QED) is 0.494. The van der Waals surface area contributed by atoms with Crippen molar-refractivity contribution < 1.29 is 4.79 Å². The average molecular weight is 361 g/mol. The molecule has 0 spiro atoms. The molecule has 4 heteroatoms. The van der Waals surface area contributed by atoms with Crippen LogP contribution in [0.1, 0.15) is 40.7 Å². The van der Waals surface area contributed by atoms with Gasteiger partial charge in [-0.25, -0.2) is 4.98 Å². The second kappa shape index (κ2) is 8.21. The Labute approximate surface area is 160 Å². The molecule has 2 aromatic carbocycles. The number of hydrogen-bond acceptors (Lipinski definition) is 2. The Bertz CT molecular complexity index is 984. The van der Waals surface area contributed by atoms with E-state index in [-0.39, 0.29) is 5.91 Å². The number of nitrogens with one attached hydrogen (secondary N) is 1. The minimum atomic E-state index is -0.0112. The lowest BCUT2D eigenvalue weighted by Crippen LogP contribution is -2.25. The van der Waals surface area contributed by atoms with Gasteiger partial charge in [0.25, 0.3) is 5.91 Å². The minimum Gasteiger partial charge on any atom is -0.352 e. The number of aromatic nitrogens is 2. The summed E-state index contributed by atoms with van der Waals surface area (Å²) in [4.78, 5) is 17.2. The van der Waals surface area contributed by atoms with E-state index < -0.39 is 0 Å². The molecule has 0 aliphatic heterocycles. The van der Waals surface area contributed by atoms with Gasteiger partial charge in [0.05, 0.1) is 11.0 Å². The molecule has 1 aromatic heterocycles. The highest BCUT2D eigenvalue weighted by Crippen LogP contribution is 2.18. The molecular formula is C23H27N3O. The van der Waals surface area contributed by atoms with Gasteiger partial charge in [-0.15, -0.1) is 0 Å². The van der Waals surface area contributed by atoms with E-state index in [2.05, 4.69) is 22.5 Å². The van der Waals surface area contributed by atoms with Gasteiger partial charge in [-0.3, -0.25) is 4.79 Å². The summed E-state index contributed by atoms with van der Waals surface area (Å²) in [6.07, 6.45) is 1.66. The van der Waals surface area contributed by atoms with Crippen molar-refractivity contribution in [2.45, 2.75) is 40.2 Å². The van der Waals surface area contributed by atoms with Crippen LogP contribution in [-0.4, -0.2) is 22.0 Å². The molecule has 0 aliphatic rings. The Kier molecular flexibility index (Phi) is 5.75. The summed E-state index contributed by atoms with van der Waals surface area (Å²) in [7, 11) is 0. The number of nitrogens with zero attached hydrogens (tertiary/aromatic N) is 2. The van der Waals surface area contributed by atoms with Crippen LogP contribution in [-0.2, 0) is 13.0 Å². The third-order valence-electron chi connectivity index (χ3n) is 4.65. The van der Waals surface area contributed by atoms with Crippen LogP contribution in [0.25, 0.3) is 11.0 Å². The molecule has 4 nitrogen and oxygen atoms in total. The molecule has 0 radical (unpaired) electrons. The highest BCUT2D eigenvalue weighted by Gasteiger charge is 2.11. The summed E-state index contributed by atoms with van der Waals surface area (Å²) < 4.78 is 2.23. The Morgan fingerprint density at radius 1 is 1.19 bits per heavy atom. The van der Waals surface area contributed by atoms with E-state index in [1.54, 1.807) is 0 Å². The maximum Gasteiger partial charge on any atom is 0.251 e. The molecular weight excluding hydrogens is 334 g/mol. The molecule has 0 fully saturated rings. The number of amides is 1. The maximum atomic E-state index is 12.4. The van der Waals surface area contributed by atoms with Crippen LogP contribution >= 0.6 is 0 Å². The van der Waals surface area contributed by atoms with Gasteiger partial charge in [0.15, 0.2) is 0 Å². The zero-order valence-electron chi connectivity index (χ0n) is 16.4. The fourth-order valence-corrected chi connectivity index (χ4v) is 3.37. The monoisotopic (exact) mass is 361 g/mol. The maximum absolute atomic E-state index is 12.4. The van der Waals surface area contributed by atoms with Crippen molar-refractivity contribution in [1.82, 2.24) is 14.9 Å². The Hall–Kier alpha value is -2.88. The van der Waals surface area contributed by atoms with Crippen LogP contribution in [0.5, 0.6) is 0 Å². The van der Waals surface area contributed by atoms with Gasteiger partial charge < -0.3 is 9.88 Å². The minimum absolute atomic E-state index is 0.0112. The van der Waals surface area contributed by atoms with Crippen molar-refractivity contribution in [2.24, 2.45) is 0 Å². The smallest absolute Gasteiger partial charge is 0.251 e. The zero-order chi connectivity index (χ0) is 19.4. The first-order valence-corrected chi connectivity index (χ1v) is 9.39. The van der Waals surface area contributed by atoms with Gasteiger partial charge in [0.1, 0.15) is 5.82 Å². The van der Waals surface area contributed by atoms with Crippen molar-refractivity contribution in [2.75, 3.05) is 6.54 Å². The van der Waals surface area contributed by atoms with Gasteiger partial charge in [0.2, 0.25) is 0 Å². The topological polar surface area (TPSA) is 46.9 Å². The van der Waals surface area contributed by atoms with Crippen molar-refractivity contribution in [3.63, 3.8) is 0 Å². The van der Waals surface area contributed by atoms with Crippen LogP contribution in [0.15, 0.2) is 54.6 Å². The lowest BCUT2D eigenvalue weighted by atomic mass is 10.1. The standard InChI is InChI=1S/C23H27N3O/c1-16(2)15-26-21-9-6-5-8-20(21)25-22(26)10-7-13-24-23(27)19-12-11-17(3)14-18(19)4/h5-6,8-9,11-12,14H,1,7,10,13,15H2,2-4H3,(H,24,27). The summed E-state index contributed by atoms with van der Waals surface area (Å²) in [6, 6.07) is 14.1. The van der Waals surface area contributed by atoms with Gasteiger partial charge in [-0.1, -0.05) is 42.0 Å². The summed E-state index contributed by atoms with van der Waals surface area (Å²) in [6.45, 7) is 11.5. The zero-order valence-corrected chi connectivity index (χ0v) is 16.4. The van der Waals surface area contributed by atoms with E-state index in [4.69, 9.17) is 4.98 Å². The number of rotatable bonds is 7. The predicted molar refractivity (Wildman–Crippen MR) is 111 cm³/mol. The number of benzene rings is 2. The fourth-order valence-electron chi connectivity index (χ4n) is 3.37. The highest BCUT2D eigenvalue weighted by atomic mass is 16.1. The number of para-hydroxylation sites is 2. The normalized spacial score (nSPS) is 10.9. The van der Waals surface area contributed by atoms with Crippen LogP contribution < -0.4 is 5.32 Å². The van der Waals surface area contributed by atoms with E-state index in [1.807, 2.05) is 57.2 Å². The SMILES string of the molecule is C=C(C)Cn1c(CCCNC(=O)c2ccc(C)cc2C)nc2ccccc21. The summed E-state index contributed by atoms with van der Waals surface area (Å²) in [5.41, 5.74) is 6.16. The van der Waals surface area contributed by atoms with Gasteiger partial charge in [-0.05, 0) is 51.0 Å². The average Bonchev–Trinajstić information content (AvgIpc) is 2.95. The molecule has 0 aliphatic carbocycles. The Morgan fingerprint density at radius 2 is 1.96 bits per heavy atom. The number of allylic oxidation sites excluding steroid dienone is 1. The number of fused-ring (bicyclic) bond motifs is 1. The van der Waals surface area contributed by atoms with E-state index in [9.17, 15) is 4.79 Å². The van der Waals surface area contributed by atoms with Crippen molar-refractivity contribution in [3.05, 3.63) is 77.1 Å². The van der Waals surface area contributed by atoms with Gasteiger partial charge in [-0.2, -0.15) is 0 Å². The molecule has 1 heterocycles. The summed E-state index contributed by atoms with van der Waals surface area (Å²) in [5, 5.41) is 3.03. The third-order valence-corrected chi connectivity index (χ3v) is 4.65. The van der Waals surface area contributed by atoms with Crippen LogP contribution in [0.3, 0.4) is 0 Å². The molecule has 27 heavy (non-hydrogen) atoms. The number of aryl methyl sites for hydroxylation is 3. The fraction of sp³-hybridized carbons (Fsp3) is 0.304. The van der Waals surface area contributed by atoms with Crippen molar-refractivity contribution >= 4 is 16.9 Å². The lowest BCUT2D eigenvalue weighted by Gasteiger charge is -2.10. The molecule has 0 atom stereocenters. The molecule has 3 rings (SSSR count). The first-order valence-electron chi connectivity index (χ1n) is 9.39. The molecule has 140 valence electrons. The first kappa shape index (κ1) is 18.9. The predicted octanol–water partition coefficient (Wildman–Crippen LogP) is 4.59. The first-order chi connectivity index (χ1) is 13.0. The Balaban J connectivity index is 1.63. The van der Waals surface area contributed by atoms with Crippen LogP contribution in [0.4, 0.5) is 0 Å². The Morgan fingerprint density at radius 3 is 2.70 bits per heavy atom. The van der Waals surface area contributed by atoms with E-state index >= 15 is 0 Å². The summed E-state index contributed by atoms with van der Waals surface area (Å²) >= 11 is 0. The molecule has 0 bridgehead atoms. The lowest BCUT2D eigenvalue weighted by molar-refractivity contribution is 0.0952. The second-order valence-corrected chi connectivity index (χ2v) is 7.24. The number of carbonyl (C=O) groups excluding carboxylic acids is 1. The largest absolute Gasteiger partial charge is 0.352 e. The number of imidazole rings is 1. The molecule has 0 saturated carbocycles. The molecule has 3 aromatic rings. The number of hydrogen-bond donors (Lipinski definition) is 1. The second-order valence-electron chi connectivity index (χ2n) is 7.24. The number of carbonyl (C=O) groups is 1. The van der Waals surface area contributed by atoms with Crippen LogP contribution in [0.2, 0.25) is 0 Å². The highest BCUT2D eigenvalue weighted by molar-refractivity contribution is 5.95. The van der Waals surface area contributed by atoms with Crippen molar-refractivity contribution in [3.8, 4) is 0 Å². The van der Waals surface area contributed by atoms with E-state index in [0.717, 1.165) is 52.9 Å². The van der Waals surface area contributed by atoms with E-state index in [1.165, 1.54) is 5.56 Å². The van der Waals surface area contributed by atoms with Gasteiger partial charge in [0, 0.05) is 25.1 Å². The summed E-state index contributed by atoms with van der Waals surface area (Å²) in [5.74, 6) is 1.03. The third kappa shape index (κ3) is 4.45.